The van der Waals surface area contributed by atoms with Crippen molar-refractivity contribution in [1.29, 1.82) is 0 Å². The number of ether oxygens (including phenoxy) is 1. The molecular weight excluding hydrogens is 332 g/mol. The minimum atomic E-state index is -0.0317. The predicted molar refractivity (Wildman–Crippen MR) is 95.8 cm³/mol. The number of benzene rings is 1. The molecule has 0 N–H and O–H groups in total. The van der Waals surface area contributed by atoms with Crippen molar-refractivity contribution in [3.05, 3.63) is 48.3 Å². The van der Waals surface area contributed by atoms with Gasteiger partial charge in [-0.25, -0.2) is 0 Å². The van der Waals surface area contributed by atoms with Crippen LogP contribution in [0.5, 0.6) is 0 Å². The largest absolute Gasteiger partial charge is 0.368 e. The quantitative estimate of drug-likeness (QED) is 0.816. The molecule has 1 aromatic carbocycles. The van der Waals surface area contributed by atoms with Crippen molar-refractivity contribution in [3.8, 4) is 0 Å². The lowest BCUT2D eigenvalue weighted by Gasteiger charge is -2.38. The van der Waals surface area contributed by atoms with Gasteiger partial charge < -0.3 is 14.5 Å². The number of aromatic nitrogens is 2. The molecule has 4 rings (SSSR count). The van der Waals surface area contributed by atoms with E-state index in [9.17, 15) is 9.59 Å². The van der Waals surface area contributed by atoms with Gasteiger partial charge in [0.1, 0.15) is 6.61 Å². The predicted octanol–water partition coefficient (Wildman–Crippen LogP) is 1.31. The average Bonchev–Trinajstić information content (AvgIpc) is 3.03. The van der Waals surface area contributed by atoms with Gasteiger partial charge in [-0.05, 0) is 18.6 Å². The molecule has 1 aromatic heterocycles. The van der Waals surface area contributed by atoms with Crippen molar-refractivity contribution in [2.45, 2.75) is 12.5 Å². The molecule has 7 heteroatoms. The van der Waals surface area contributed by atoms with Gasteiger partial charge in [0.05, 0.1) is 17.9 Å². The van der Waals surface area contributed by atoms with E-state index in [0.717, 1.165) is 12.1 Å². The smallest absolute Gasteiger partial charge is 0.257 e. The number of likely N-dealkylation sites (tertiary alicyclic amines) is 1. The Hall–Kier alpha value is -2.67. The number of nitrogens with zero attached hydrogens (tertiary/aromatic N) is 4. The van der Waals surface area contributed by atoms with Gasteiger partial charge in [-0.1, -0.05) is 18.2 Å². The van der Waals surface area contributed by atoms with Crippen LogP contribution in [0.2, 0.25) is 0 Å². The highest BCUT2D eigenvalue weighted by Crippen LogP contribution is 2.27. The van der Waals surface area contributed by atoms with Crippen molar-refractivity contribution in [2.24, 2.45) is 13.0 Å². The zero-order chi connectivity index (χ0) is 18.1. The fraction of sp³-hybridized carbons (Fsp3) is 0.421. The molecule has 2 aliphatic heterocycles. The van der Waals surface area contributed by atoms with Gasteiger partial charge in [-0.15, -0.1) is 0 Å². The number of hydrogen-bond acceptors (Lipinski definition) is 4. The average molecular weight is 354 g/mol. The van der Waals surface area contributed by atoms with Crippen LogP contribution in [0.1, 0.15) is 16.8 Å². The van der Waals surface area contributed by atoms with Crippen LogP contribution < -0.4 is 4.90 Å². The molecule has 2 amide bonds. The van der Waals surface area contributed by atoms with E-state index in [1.807, 2.05) is 35.2 Å². The van der Waals surface area contributed by atoms with Crippen LogP contribution in [0.3, 0.4) is 0 Å². The molecule has 2 aromatic rings. The minimum absolute atomic E-state index is 0.00520. The van der Waals surface area contributed by atoms with Crippen LogP contribution in [0.25, 0.3) is 0 Å². The normalized spacial score (nSPS) is 23.5. The summed E-state index contributed by atoms with van der Waals surface area (Å²) in [5.74, 6) is 0.0464. The van der Waals surface area contributed by atoms with Crippen LogP contribution in [0.15, 0.2) is 42.7 Å². The van der Waals surface area contributed by atoms with E-state index in [1.54, 1.807) is 29.0 Å². The molecule has 2 atom stereocenters. The highest BCUT2D eigenvalue weighted by atomic mass is 16.5. The number of amides is 2. The molecule has 2 saturated heterocycles. The molecule has 0 saturated carbocycles. The number of fused-ring (bicyclic) bond motifs is 1. The summed E-state index contributed by atoms with van der Waals surface area (Å²) in [6.07, 6.45) is 4.08. The van der Waals surface area contributed by atoms with Gasteiger partial charge in [-0.2, -0.15) is 5.10 Å². The maximum atomic E-state index is 12.7. The number of piperidine rings is 1. The highest BCUT2D eigenvalue weighted by molar-refractivity contribution is 5.95. The second-order valence-electron chi connectivity index (χ2n) is 6.89. The van der Waals surface area contributed by atoms with Crippen LogP contribution in [-0.2, 0) is 16.6 Å². The molecule has 7 nitrogen and oxygen atoms in total. The third-order valence-electron chi connectivity index (χ3n) is 5.11. The van der Waals surface area contributed by atoms with Gasteiger partial charge in [0.15, 0.2) is 0 Å². The van der Waals surface area contributed by atoms with Gasteiger partial charge >= 0.3 is 0 Å². The first-order valence-electron chi connectivity index (χ1n) is 8.87. The van der Waals surface area contributed by atoms with Gasteiger partial charge in [-0.3, -0.25) is 14.3 Å². The summed E-state index contributed by atoms with van der Waals surface area (Å²) in [5.41, 5.74) is 1.47. The summed E-state index contributed by atoms with van der Waals surface area (Å²) in [6, 6.07) is 9.63. The molecule has 2 aliphatic rings. The van der Waals surface area contributed by atoms with Gasteiger partial charge in [0.2, 0.25) is 0 Å². The lowest BCUT2D eigenvalue weighted by atomic mass is 9.93. The number of anilines is 1. The van der Waals surface area contributed by atoms with Crippen molar-refractivity contribution in [2.75, 3.05) is 31.1 Å². The Bertz CT molecular complexity index is 804. The maximum absolute atomic E-state index is 12.7. The second-order valence-corrected chi connectivity index (χ2v) is 6.89. The third-order valence-corrected chi connectivity index (χ3v) is 5.11. The third kappa shape index (κ3) is 3.22. The summed E-state index contributed by atoms with van der Waals surface area (Å²) in [4.78, 5) is 28.9. The standard InChI is InChI=1S/C19H22N4O3/c1-21-10-14(9-20-21)19(25)22-8-7-17-15(11-22)12-23(18(24)13-26-17)16-5-3-2-4-6-16/h2-6,9-10,15,17H,7-8,11-13H2,1H3/t15-,17+/m1/s1. The number of carbonyl (C=O) groups excluding carboxylic acids is 2. The molecule has 0 bridgehead atoms. The number of para-hydroxylation sites is 1. The Kier molecular flexibility index (Phi) is 4.46. The minimum Gasteiger partial charge on any atom is -0.368 e. The first-order chi connectivity index (χ1) is 12.6. The van der Waals surface area contributed by atoms with Gasteiger partial charge in [0.25, 0.3) is 11.8 Å². The summed E-state index contributed by atoms with van der Waals surface area (Å²) in [7, 11) is 1.80. The number of aryl methyl sites for hydroxylation is 1. The van der Waals surface area contributed by atoms with Crippen LogP contribution in [0, 0.1) is 5.92 Å². The Labute approximate surface area is 152 Å². The van der Waals surface area contributed by atoms with E-state index >= 15 is 0 Å². The SMILES string of the molecule is Cn1cc(C(=O)N2CC[C@@H]3OCC(=O)N(c4ccccc4)C[C@H]3C2)cn1. The second kappa shape index (κ2) is 6.92. The topological polar surface area (TPSA) is 67.7 Å². The molecule has 0 unspecified atom stereocenters. The fourth-order valence-corrected chi connectivity index (χ4v) is 3.75. The number of rotatable bonds is 2. The van der Waals surface area contributed by atoms with Crippen LogP contribution in [-0.4, -0.2) is 58.8 Å². The lowest BCUT2D eigenvalue weighted by molar-refractivity contribution is -0.124. The molecule has 26 heavy (non-hydrogen) atoms. The summed E-state index contributed by atoms with van der Waals surface area (Å²) < 4.78 is 7.49. The monoisotopic (exact) mass is 354 g/mol. The molecule has 3 heterocycles. The van der Waals surface area contributed by atoms with Crippen molar-refractivity contribution >= 4 is 17.5 Å². The first-order valence-corrected chi connectivity index (χ1v) is 8.87. The van der Waals surface area contributed by atoms with Crippen LogP contribution >= 0.6 is 0 Å². The Morgan fingerprint density at radius 2 is 2.04 bits per heavy atom. The Morgan fingerprint density at radius 1 is 1.23 bits per heavy atom. The molecule has 2 fully saturated rings. The molecule has 0 aliphatic carbocycles. The Morgan fingerprint density at radius 3 is 2.77 bits per heavy atom. The number of hydrogen-bond donors (Lipinski definition) is 0. The zero-order valence-corrected chi connectivity index (χ0v) is 14.7. The van der Waals surface area contributed by atoms with E-state index in [-0.39, 0.29) is 30.4 Å². The van der Waals surface area contributed by atoms with Crippen molar-refractivity contribution < 1.29 is 14.3 Å². The van der Waals surface area contributed by atoms with E-state index in [1.165, 1.54) is 0 Å². The maximum Gasteiger partial charge on any atom is 0.257 e. The molecular formula is C19H22N4O3. The fourth-order valence-electron chi connectivity index (χ4n) is 3.75. The Balaban J connectivity index is 1.52. The summed E-state index contributed by atoms with van der Waals surface area (Å²) in [5, 5.41) is 4.08. The van der Waals surface area contributed by atoms with Crippen molar-refractivity contribution in [1.82, 2.24) is 14.7 Å². The molecule has 136 valence electrons. The summed E-state index contributed by atoms with van der Waals surface area (Å²) in [6.45, 7) is 1.86. The highest BCUT2D eigenvalue weighted by Gasteiger charge is 2.37. The van der Waals surface area contributed by atoms with E-state index in [2.05, 4.69) is 5.10 Å². The first kappa shape index (κ1) is 16.8. The zero-order valence-electron chi connectivity index (χ0n) is 14.7. The van der Waals surface area contributed by atoms with Crippen LogP contribution in [0.4, 0.5) is 5.69 Å². The van der Waals surface area contributed by atoms with E-state index in [0.29, 0.717) is 25.2 Å². The van der Waals surface area contributed by atoms with E-state index in [4.69, 9.17) is 4.74 Å². The molecule has 0 spiro atoms. The van der Waals surface area contributed by atoms with E-state index < -0.39 is 0 Å². The van der Waals surface area contributed by atoms with Crippen molar-refractivity contribution in [3.63, 3.8) is 0 Å². The number of carbonyl (C=O) groups is 2. The summed E-state index contributed by atoms with van der Waals surface area (Å²) >= 11 is 0. The lowest BCUT2D eigenvalue weighted by Crippen LogP contribution is -2.49. The molecule has 0 radical (unpaired) electrons. The van der Waals surface area contributed by atoms with Gasteiger partial charge in [0, 0.05) is 44.5 Å².